The van der Waals surface area contributed by atoms with E-state index >= 15 is 0 Å². The Morgan fingerprint density at radius 1 is 1.33 bits per heavy atom. The number of Topliss-reactive ketones (excluding diaryl/α,β-unsaturated/α-hetero) is 1. The molecule has 0 fully saturated rings. The van der Waals surface area contributed by atoms with Crippen LogP contribution in [0.3, 0.4) is 0 Å². The molecule has 2 aromatic rings. The lowest BCUT2D eigenvalue weighted by Crippen LogP contribution is -2.10. The predicted octanol–water partition coefficient (Wildman–Crippen LogP) is 4.00. The number of hydrogen-bond acceptors (Lipinski definition) is 1. The molecule has 0 spiro atoms. The molecular weight excluding hydrogens is 243 g/mol. The third-order valence-corrected chi connectivity index (χ3v) is 2.77. The molecule has 2 nitrogen and oxygen atoms in total. The number of rotatable bonds is 3. The number of alkyl halides is 3. The zero-order valence-electron chi connectivity index (χ0n) is 9.77. The molecule has 2 rings (SSSR count). The maximum absolute atomic E-state index is 12.1. The molecule has 1 aromatic heterocycles. The molecule has 0 bridgehead atoms. The average Bonchev–Trinajstić information content (AvgIpc) is 2.67. The summed E-state index contributed by atoms with van der Waals surface area (Å²) in [6.45, 7) is 1.87. The van der Waals surface area contributed by atoms with E-state index in [9.17, 15) is 18.0 Å². The van der Waals surface area contributed by atoms with Crippen LogP contribution in [0.5, 0.6) is 0 Å². The van der Waals surface area contributed by atoms with E-state index in [2.05, 4.69) is 4.98 Å². The number of nitrogens with one attached hydrogen (secondary N) is 1. The second kappa shape index (κ2) is 4.48. The number of aromatic nitrogens is 1. The molecule has 96 valence electrons. The summed E-state index contributed by atoms with van der Waals surface area (Å²) in [6.07, 6.45) is -4.41. The van der Waals surface area contributed by atoms with Crippen LogP contribution < -0.4 is 0 Å². The number of fused-ring (bicyclic) bond motifs is 1. The van der Waals surface area contributed by atoms with Gasteiger partial charge < -0.3 is 4.98 Å². The molecule has 0 amide bonds. The molecule has 0 saturated heterocycles. The maximum atomic E-state index is 12.1. The standard InChI is InChI=1S/C13H12F3NO/c1-8-2-3-11-9(6-8)10(7-17-11)12(18)4-5-13(14,15)16/h2-3,6-7,17H,4-5H2,1H3. The molecule has 0 aliphatic carbocycles. The number of aromatic amines is 1. The Bertz CT molecular complexity index is 583. The van der Waals surface area contributed by atoms with Gasteiger partial charge in [0.05, 0.1) is 6.42 Å². The normalized spacial score (nSPS) is 12.0. The molecule has 1 N–H and O–H groups in total. The Kier molecular flexibility index (Phi) is 3.15. The van der Waals surface area contributed by atoms with Crippen molar-refractivity contribution in [1.82, 2.24) is 4.98 Å². The van der Waals surface area contributed by atoms with E-state index in [4.69, 9.17) is 0 Å². The van der Waals surface area contributed by atoms with Crippen LogP contribution in [-0.4, -0.2) is 16.9 Å². The molecule has 18 heavy (non-hydrogen) atoms. The van der Waals surface area contributed by atoms with E-state index in [0.717, 1.165) is 11.1 Å². The zero-order valence-corrected chi connectivity index (χ0v) is 9.77. The van der Waals surface area contributed by atoms with E-state index in [0.29, 0.717) is 10.9 Å². The molecule has 1 aromatic carbocycles. The highest BCUT2D eigenvalue weighted by molar-refractivity contribution is 6.07. The van der Waals surface area contributed by atoms with E-state index in [-0.39, 0.29) is 0 Å². The third-order valence-electron chi connectivity index (χ3n) is 2.77. The van der Waals surface area contributed by atoms with Crippen molar-refractivity contribution < 1.29 is 18.0 Å². The topological polar surface area (TPSA) is 32.9 Å². The van der Waals surface area contributed by atoms with E-state index in [1.54, 1.807) is 6.07 Å². The van der Waals surface area contributed by atoms with Crippen molar-refractivity contribution in [2.24, 2.45) is 0 Å². The number of carbonyl (C=O) groups is 1. The van der Waals surface area contributed by atoms with Crippen LogP contribution in [0.25, 0.3) is 10.9 Å². The van der Waals surface area contributed by atoms with E-state index in [1.807, 2.05) is 19.1 Å². The number of benzene rings is 1. The maximum Gasteiger partial charge on any atom is 0.389 e. The number of H-pyrrole nitrogens is 1. The molecule has 0 radical (unpaired) electrons. The minimum atomic E-state index is -4.29. The number of aryl methyl sites for hydroxylation is 1. The van der Waals surface area contributed by atoms with Crippen molar-refractivity contribution in [3.8, 4) is 0 Å². The van der Waals surface area contributed by atoms with Crippen molar-refractivity contribution in [1.29, 1.82) is 0 Å². The summed E-state index contributed by atoms with van der Waals surface area (Å²) in [6, 6.07) is 5.49. The first-order chi connectivity index (χ1) is 8.37. The van der Waals surface area contributed by atoms with E-state index < -0.39 is 24.8 Å². The van der Waals surface area contributed by atoms with Crippen LogP contribution in [0.4, 0.5) is 13.2 Å². The van der Waals surface area contributed by atoms with Crippen molar-refractivity contribution in [2.45, 2.75) is 25.9 Å². The van der Waals surface area contributed by atoms with Crippen LogP contribution in [0, 0.1) is 6.92 Å². The monoisotopic (exact) mass is 255 g/mol. The van der Waals surface area contributed by atoms with Crippen LogP contribution in [-0.2, 0) is 0 Å². The summed E-state index contributed by atoms with van der Waals surface area (Å²) in [5.74, 6) is -0.482. The molecule has 0 unspecified atom stereocenters. The smallest absolute Gasteiger partial charge is 0.360 e. The van der Waals surface area contributed by atoms with Gasteiger partial charge in [-0.25, -0.2) is 0 Å². The first-order valence-corrected chi connectivity index (χ1v) is 5.54. The van der Waals surface area contributed by atoms with Crippen molar-refractivity contribution in [2.75, 3.05) is 0 Å². The first-order valence-electron chi connectivity index (χ1n) is 5.54. The predicted molar refractivity (Wildman–Crippen MR) is 62.7 cm³/mol. The number of carbonyl (C=O) groups excluding carboxylic acids is 1. The molecule has 5 heteroatoms. The average molecular weight is 255 g/mol. The van der Waals surface area contributed by atoms with Crippen molar-refractivity contribution in [3.05, 3.63) is 35.5 Å². The van der Waals surface area contributed by atoms with Gasteiger partial charge >= 0.3 is 6.18 Å². The zero-order chi connectivity index (χ0) is 13.3. The fourth-order valence-corrected chi connectivity index (χ4v) is 1.86. The Morgan fingerprint density at radius 3 is 2.72 bits per heavy atom. The van der Waals surface area contributed by atoms with Gasteiger partial charge in [0, 0.05) is 29.1 Å². The quantitative estimate of drug-likeness (QED) is 0.826. The van der Waals surface area contributed by atoms with Crippen molar-refractivity contribution >= 4 is 16.7 Å². The molecule has 0 saturated carbocycles. The molecule has 0 aliphatic heterocycles. The Hall–Kier alpha value is -1.78. The largest absolute Gasteiger partial charge is 0.389 e. The third kappa shape index (κ3) is 2.72. The summed E-state index contributed by atoms with van der Waals surface area (Å²) < 4.78 is 36.2. The van der Waals surface area contributed by atoms with Crippen molar-refractivity contribution in [3.63, 3.8) is 0 Å². The van der Waals surface area contributed by atoms with Gasteiger partial charge in [0.1, 0.15) is 0 Å². The lowest BCUT2D eigenvalue weighted by atomic mass is 10.0. The van der Waals surface area contributed by atoms with E-state index in [1.165, 1.54) is 6.20 Å². The number of ketones is 1. The van der Waals surface area contributed by atoms with Crippen LogP contribution in [0.2, 0.25) is 0 Å². The minimum Gasteiger partial charge on any atom is -0.360 e. The summed E-state index contributed by atoms with van der Waals surface area (Å²) in [4.78, 5) is 14.6. The van der Waals surface area contributed by atoms with Gasteiger partial charge in [0.15, 0.2) is 5.78 Å². The highest BCUT2D eigenvalue weighted by Gasteiger charge is 2.28. The highest BCUT2D eigenvalue weighted by Crippen LogP contribution is 2.25. The fourth-order valence-electron chi connectivity index (χ4n) is 1.86. The Balaban J connectivity index is 2.25. The second-order valence-corrected chi connectivity index (χ2v) is 4.29. The van der Waals surface area contributed by atoms with Crippen LogP contribution in [0.1, 0.15) is 28.8 Å². The summed E-state index contributed by atoms with van der Waals surface area (Å²) in [5, 5.41) is 0.683. The molecular formula is C13H12F3NO. The lowest BCUT2D eigenvalue weighted by molar-refractivity contribution is -0.133. The fraction of sp³-hybridized carbons (Fsp3) is 0.308. The van der Waals surface area contributed by atoms with Gasteiger partial charge in [0.2, 0.25) is 0 Å². The van der Waals surface area contributed by atoms with Gasteiger partial charge in [-0.1, -0.05) is 11.6 Å². The lowest BCUT2D eigenvalue weighted by Gasteiger charge is -2.04. The second-order valence-electron chi connectivity index (χ2n) is 4.29. The number of hydrogen-bond donors (Lipinski definition) is 1. The molecule has 1 heterocycles. The Morgan fingerprint density at radius 2 is 2.06 bits per heavy atom. The van der Waals surface area contributed by atoms with Gasteiger partial charge in [-0.2, -0.15) is 13.2 Å². The minimum absolute atomic E-state index is 0.331. The van der Waals surface area contributed by atoms with Gasteiger partial charge in [-0.3, -0.25) is 4.79 Å². The summed E-state index contributed by atoms with van der Waals surface area (Å²) >= 11 is 0. The van der Waals surface area contributed by atoms with Crippen LogP contribution >= 0.6 is 0 Å². The first kappa shape index (κ1) is 12.7. The summed E-state index contributed by atoms with van der Waals surface area (Å²) in [5.41, 5.74) is 2.06. The SMILES string of the molecule is Cc1ccc2[nH]cc(C(=O)CCC(F)(F)F)c2c1. The Labute approximate surface area is 102 Å². The summed E-state index contributed by atoms with van der Waals surface area (Å²) in [7, 11) is 0. The van der Waals surface area contributed by atoms with Gasteiger partial charge in [-0.05, 0) is 19.1 Å². The highest BCUT2D eigenvalue weighted by atomic mass is 19.4. The molecule has 0 atom stereocenters. The van der Waals surface area contributed by atoms with Gasteiger partial charge in [-0.15, -0.1) is 0 Å². The molecule has 0 aliphatic rings. The number of halogens is 3. The van der Waals surface area contributed by atoms with Gasteiger partial charge in [0.25, 0.3) is 0 Å². The van der Waals surface area contributed by atoms with Crippen LogP contribution in [0.15, 0.2) is 24.4 Å².